The molecule has 1 aromatic carbocycles. The van der Waals surface area contributed by atoms with E-state index in [0.717, 1.165) is 35.9 Å². The van der Waals surface area contributed by atoms with Gasteiger partial charge in [-0.05, 0) is 24.3 Å². The fourth-order valence-corrected chi connectivity index (χ4v) is 1.82. The molecule has 0 saturated heterocycles. The molecule has 2 rings (SSSR count). The summed E-state index contributed by atoms with van der Waals surface area (Å²) in [6, 6.07) is 9.74. The lowest BCUT2D eigenvalue weighted by Crippen LogP contribution is -2.80. The summed E-state index contributed by atoms with van der Waals surface area (Å²) >= 11 is 0. The van der Waals surface area contributed by atoms with Gasteiger partial charge in [0.05, 0.1) is 20.5 Å². The normalized spacial score (nSPS) is 10.3. The molecule has 96 valence electrons. The third kappa shape index (κ3) is 3.05. The van der Waals surface area contributed by atoms with Crippen molar-refractivity contribution in [3.05, 3.63) is 47.9 Å². The van der Waals surface area contributed by atoms with E-state index >= 15 is 0 Å². The van der Waals surface area contributed by atoms with Gasteiger partial charge in [-0.2, -0.15) is 0 Å². The summed E-state index contributed by atoms with van der Waals surface area (Å²) in [6.07, 6.45) is 1.69. The van der Waals surface area contributed by atoms with Crippen molar-refractivity contribution < 1.29 is 19.2 Å². The molecule has 0 aliphatic rings. The molecular weight excluding hydrogens is 230 g/mol. The van der Waals surface area contributed by atoms with Gasteiger partial charge in [-0.3, -0.25) is 0 Å². The molecule has 0 aliphatic carbocycles. The van der Waals surface area contributed by atoms with Gasteiger partial charge in [-0.25, -0.2) is 0 Å². The highest BCUT2D eigenvalue weighted by Gasteiger charge is 2.07. The lowest BCUT2D eigenvalue weighted by molar-refractivity contribution is -0.688. The SMILES string of the molecule is COc1ccc(C[NH2+]Cc2ccco2)c(OC)c1. The summed E-state index contributed by atoms with van der Waals surface area (Å²) in [6.45, 7) is 1.66. The monoisotopic (exact) mass is 248 g/mol. The predicted octanol–water partition coefficient (Wildman–Crippen LogP) is 1.56. The Morgan fingerprint density at radius 2 is 2.00 bits per heavy atom. The van der Waals surface area contributed by atoms with E-state index in [2.05, 4.69) is 5.32 Å². The van der Waals surface area contributed by atoms with Crippen LogP contribution in [-0.4, -0.2) is 14.2 Å². The number of benzene rings is 1. The standard InChI is InChI=1S/C14H17NO3/c1-16-12-6-5-11(14(8-12)17-2)9-15-10-13-4-3-7-18-13/h3-8,15H,9-10H2,1-2H3/p+1. The van der Waals surface area contributed by atoms with E-state index < -0.39 is 0 Å². The Hall–Kier alpha value is -1.94. The zero-order valence-corrected chi connectivity index (χ0v) is 10.7. The summed E-state index contributed by atoms with van der Waals surface area (Å²) in [5, 5.41) is 2.17. The van der Waals surface area contributed by atoms with E-state index in [1.807, 2.05) is 30.3 Å². The molecule has 2 N–H and O–H groups in total. The minimum absolute atomic E-state index is 0.807. The molecule has 0 radical (unpaired) electrons. The highest BCUT2D eigenvalue weighted by atomic mass is 16.5. The minimum atomic E-state index is 0.807. The van der Waals surface area contributed by atoms with Gasteiger partial charge in [0, 0.05) is 11.6 Å². The number of hydrogen-bond acceptors (Lipinski definition) is 3. The largest absolute Gasteiger partial charge is 0.497 e. The van der Waals surface area contributed by atoms with Gasteiger partial charge in [0.25, 0.3) is 0 Å². The maximum atomic E-state index is 5.35. The van der Waals surface area contributed by atoms with Crippen LogP contribution < -0.4 is 14.8 Å². The molecule has 1 aromatic heterocycles. The van der Waals surface area contributed by atoms with Crippen molar-refractivity contribution in [3.8, 4) is 11.5 Å². The number of quaternary nitrogens is 1. The lowest BCUT2D eigenvalue weighted by Gasteiger charge is -2.09. The first kappa shape index (κ1) is 12.5. The third-order valence-electron chi connectivity index (χ3n) is 2.78. The van der Waals surface area contributed by atoms with Gasteiger partial charge in [0.1, 0.15) is 24.6 Å². The van der Waals surface area contributed by atoms with Crippen LogP contribution in [0.2, 0.25) is 0 Å². The van der Waals surface area contributed by atoms with Crippen LogP contribution in [-0.2, 0) is 13.1 Å². The van der Waals surface area contributed by atoms with Gasteiger partial charge in [-0.1, -0.05) is 0 Å². The fourth-order valence-electron chi connectivity index (χ4n) is 1.82. The Morgan fingerprint density at radius 1 is 1.11 bits per heavy atom. The first-order valence-corrected chi connectivity index (χ1v) is 5.88. The maximum absolute atomic E-state index is 5.35. The zero-order valence-electron chi connectivity index (χ0n) is 10.7. The predicted molar refractivity (Wildman–Crippen MR) is 67.6 cm³/mol. The van der Waals surface area contributed by atoms with E-state index in [-0.39, 0.29) is 0 Å². The molecule has 0 aliphatic heterocycles. The Labute approximate surface area is 107 Å². The van der Waals surface area contributed by atoms with Crippen molar-refractivity contribution in [2.75, 3.05) is 14.2 Å². The van der Waals surface area contributed by atoms with Gasteiger partial charge in [0.2, 0.25) is 0 Å². The molecule has 0 atom stereocenters. The van der Waals surface area contributed by atoms with Crippen LogP contribution in [0.4, 0.5) is 0 Å². The summed E-state index contributed by atoms with van der Waals surface area (Å²) in [7, 11) is 3.32. The van der Waals surface area contributed by atoms with Gasteiger partial charge in [-0.15, -0.1) is 0 Å². The van der Waals surface area contributed by atoms with Crippen molar-refractivity contribution in [2.24, 2.45) is 0 Å². The average molecular weight is 248 g/mol. The van der Waals surface area contributed by atoms with Crippen molar-refractivity contribution in [1.29, 1.82) is 0 Å². The second-order valence-corrected chi connectivity index (χ2v) is 3.95. The number of nitrogens with two attached hydrogens (primary N) is 1. The molecule has 4 nitrogen and oxygen atoms in total. The number of ether oxygens (including phenoxy) is 2. The fraction of sp³-hybridized carbons (Fsp3) is 0.286. The Balaban J connectivity index is 1.96. The zero-order chi connectivity index (χ0) is 12.8. The summed E-state index contributed by atoms with van der Waals surface area (Å²) in [4.78, 5) is 0. The first-order valence-electron chi connectivity index (χ1n) is 5.88. The van der Waals surface area contributed by atoms with E-state index in [4.69, 9.17) is 13.9 Å². The molecule has 0 saturated carbocycles. The summed E-state index contributed by atoms with van der Waals surface area (Å²) in [5.74, 6) is 2.63. The van der Waals surface area contributed by atoms with Crippen LogP contribution in [0.25, 0.3) is 0 Å². The van der Waals surface area contributed by atoms with E-state index in [9.17, 15) is 0 Å². The third-order valence-corrected chi connectivity index (χ3v) is 2.78. The molecule has 2 aromatic rings. The van der Waals surface area contributed by atoms with Crippen molar-refractivity contribution in [2.45, 2.75) is 13.1 Å². The average Bonchev–Trinajstić information content (AvgIpc) is 2.92. The van der Waals surface area contributed by atoms with Crippen LogP contribution in [0.1, 0.15) is 11.3 Å². The molecule has 0 fully saturated rings. The van der Waals surface area contributed by atoms with Gasteiger partial charge >= 0.3 is 0 Å². The molecule has 0 bridgehead atoms. The Bertz CT molecular complexity index is 480. The molecular formula is C14H18NO3+. The highest BCUT2D eigenvalue weighted by Crippen LogP contribution is 2.23. The number of rotatable bonds is 6. The molecule has 0 unspecified atom stereocenters. The van der Waals surface area contributed by atoms with Gasteiger partial charge < -0.3 is 19.2 Å². The van der Waals surface area contributed by atoms with Crippen LogP contribution in [0.3, 0.4) is 0 Å². The molecule has 18 heavy (non-hydrogen) atoms. The van der Waals surface area contributed by atoms with Crippen molar-refractivity contribution in [1.82, 2.24) is 0 Å². The van der Waals surface area contributed by atoms with Gasteiger partial charge in [0.15, 0.2) is 5.76 Å². The first-order chi connectivity index (χ1) is 8.83. The quantitative estimate of drug-likeness (QED) is 0.844. The summed E-state index contributed by atoms with van der Waals surface area (Å²) < 4.78 is 15.8. The lowest BCUT2D eigenvalue weighted by atomic mass is 10.2. The molecule has 1 heterocycles. The van der Waals surface area contributed by atoms with E-state index in [0.29, 0.717) is 0 Å². The van der Waals surface area contributed by atoms with Crippen LogP contribution >= 0.6 is 0 Å². The van der Waals surface area contributed by atoms with Crippen molar-refractivity contribution >= 4 is 0 Å². The van der Waals surface area contributed by atoms with E-state index in [1.165, 1.54) is 0 Å². The molecule has 0 amide bonds. The second-order valence-electron chi connectivity index (χ2n) is 3.95. The van der Waals surface area contributed by atoms with Crippen LogP contribution in [0.5, 0.6) is 11.5 Å². The van der Waals surface area contributed by atoms with E-state index in [1.54, 1.807) is 20.5 Å². The highest BCUT2D eigenvalue weighted by molar-refractivity contribution is 5.40. The summed E-state index contributed by atoms with van der Waals surface area (Å²) in [5.41, 5.74) is 1.14. The number of methoxy groups -OCH3 is 2. The number of furan rings is 1. The smallest absolute Gasteiger partial charge is 0.157 e. The maximum Gasteiger partial charge on any atom is 0.157 e. The Kier molecular flexibility index (Phi) is 4.25. The molecule has 4 heteroatoms. The Morgan fingerprint density at radius 3 is 2.67 bits per heavy atom. The van der Waals surface area contributed by atoms with Crippen molar-refractivity contribution in [3.63, 3.8) is 0 Å². The second kappa shape index (κ2) is 6.12. The van der Waals surface area contributed by atoms with Crippen LogP contribution in [0, 0.1) is 0 Å². The molecule has 0 spiro atoms. The topological polar surface area (TPSA) is 48.2 Å². The minimum Gasteiger partial charge on any atom is -0.497 e. The van der Waals surface area contributed by atoms with Crippen LogP contribution in [0.15, 0.2) is 41.0 Å². The number of hydrogen-bond donors (Lipinski definition) is 1.